The summed E-state index contributed by atoms with van der Waals surface area (Å²) in [5.41, 5.74) is 3.58. The van der Waals surface area contributed by atoms with Crippen LogP contribution in [0.1, 0.15) is 31.8 Å². The summed E-state index contributed by atoms with van der Waals surface area (Å²) in [5, 5.41) is 0. The van der Waals surface area contributed by atoms with Gasteiger partial charge in [-0.1, -0.05) is 42.5 Å². The normalized spacial score (nSPS) is 13.0. The number of nitrogen functional groups attached to an aromatic ring is 1. The predicted octanol–water partition coefficient (Wildman–Crippen LogP) is -1.25. The van der Waals surface area contributed by atoms with E-state index in [1.54, 1.807) is 6.07 Å². The smallest absolute Gasteiger partial charge is 0.744 e. The van der Waals surface area contributed by atoms with Crippen LogP contribution in [0.5, 0.6) is 0 Å². The fraction of sp³-hybridized carbons (Fsp3) is 0. The first-order chi connectivity index (χ1) is 14.5. The molecule has 1 aliphatic rings. The molecule has 3 aromatic carbocycles. The third-order valence-corrected chi connectivity index (χ3v) is 7.03. The van der Waals surface area contributed by atoms with Crippen molar-refractivity contribution in [2.24, 2.45) is 0 Å². The van der Waals surface area contributed by atoms with Crippen LogP contribution in [0.4, 0.5) is 11.4 Å². The number of hydrogen-bond acceptors (Lipinski definition) is 8. The molecule has 0 fully saturated rings. The minimum absolute atomic E-state index is 0. The molecular weight excluding hydrogens is 467 g/mol. The summed E-state index contributed by atoms with van der Waals surface area (Å²) in [6, 6.07) is 13.5. The molecule has 0 spiro atoms. The van der Waals surface area contributed by atoms with Crippen LogP contribution in [0.25, 0.3) is 0 Å². The Hall–Kier alpha value is -2.54. The second kappa shape index (κ2) is 8.43. The Morgan fingerprint density at radius 2 is 1.28 bits per heavy atom. The maximum absolute atomic E-state index is 13.1. The Morgan fingerprint density at radius 3 is 1.81 bits per heavy atom. The van der Waals surface area contributed by atoms with Gasteiger partial charge >= 0.3 is 29.6 Å². The first kappa shape index (κ1) is 24.1. The van der Waals surface area contributed by atoms with E-state index < -0.39 is 59.1 Å². The summed E-state index contributed by atoms with van der Waals surface area (Å²) in [4.78, 5) is 25.0. The molecule has 3 N–H and O–H groups in total. The van der Waals surface area contributed by atoms with Crippen molar-refractivity contribution < 1.29 is 60.5 Å². The molecule has 0 bridgehead atoms. The third-order valence-electron chi connectivity index (χ3n) is 4.77. The molecule has 0 saturated carbocycles. The minimum atomic E-state index is -5.20. The van der Waals surface area contributed by atoms with Crippen molar-refractivity contribution in [3.8, 4) is 0 Å². The van der Waals surface area contributed by atoms with E-state index in [-0.39, 0.29) is 45.6 Å². The number of carbonyl (C=O) groups is 2. The topological polar surface area (TPSA) is 164 Å². The molecule has 9 nitrogen and oxygen atoms in total. The average Bonchev–Trinajstić information content (AvgIpc) is 2.72. The zero-order valence-electron chi connectivity index (χ0n) is 16.5. The van der Waals surface area contributed by atoms with E-state index in [4.69, 9.17) is 5.73 Å². The number of rotatable bonds is 4. The van der Waals surface area contributed by atoms with Gasteiger partial charge in [0.1, 0.15) is 10.1 Å². The molecule has 0 aromatic heterocycles. The van der Waals surface area contributed by atoms with Gasteiger partial charge in [0, 0.05) is 11.1 Å². The fourth-order valence-electron chi connectivity index (χ4n) is 3.38. The Balaban J connectivity index is 0.00000289. The van der Waals surface area contributed by atoms with Gasteiger partial charge in [0.05, 0.1) is 32.3 Å². The van der Waals surface area contributed by atoms with Gasteiger partial charge in [-0.05, 0) is 18.2 Å². The molecule has 158 valence electrons. The molecule has 0 radical (unpaired) electrons. The van der Waals surface area contributed by atoms with Crippen molar-refractivity contribution in [2.75, 3.05) is 10.5 Å². The molecule has 1 aliphatic carbocycles. The Morgan fingerprint density at radius 1 is 0.781 bits per heavy atom. The predicted molar refractivity (Wildman–Crippen MR) is 109 cm³/mol. The number of nitrogens with one attached hydrogen (secondary N) is 1. The van der Waals surface area contributed by atoms with Gasteiger partial charge in [-0.15, -0.1) is 0 Å². The molecule has 32 heavy (non-hydrogen) atoms. The van der Waals surface area contributed by atoms with Gasteiger partial charge < -0.3 is 10.3 Å². The molecule has 0 unspecified atom stereocenters. The number of sulfonamides is 1. The SMILES string of the molecule is Nc1c(S(=O)(=O)[O-])cc(NS(=O)(=O)c2ccccc2)c2c1C(=O)c1ccccc1C2=O.[Na+]. The summed E-state index contributed by atoms with van der Waals surface area (Å²) < 4.78 is 63.0. The van der Waals surface area contributed by atoms with E-state index in [9.17, 15) is 31.0 Å². The molecule has 0 saturated heterocycles. The number of carbonyl (C=O) groups excluding carboxylic acids is 2. The summed E-state index contributed by atoms with van der Waals surface area (Å²) >= 11 is 0. The van der Waals surface area contributed by atoms with Crippen molar-refractivity contribution in [2.45, 2.75) is 9.79 Å². The number of anilines is 2. The second-order valence-corrected chi connectivity index (χ2v) is 9.69. The number of ketones is 2. The zero-order chi connectivity index (χ0) is 22.6. The Bertz CT molecular complexity index is 1490. The molecular formula is C20H13N2NaO7S2. The van der Waals surface area contributed by atoms with E-state index in [1.807, 2.05) is 0 Å². The van der Waals surface area contributed by atoms with Crippen LogP contribution < -0.4 is 40.0 Å². The van der Waals surface area contributed by atoms with Crippen molar-refractivity contribution in [1.29, 1.82) is 0 Å². The number of benzene rings is 3. The maximum Gasteiger partial charge on any atom is 1.00 e. The summed E-state index contributed by atoms with van der Waals surface area (Å²) in [5.74, 6) is -1.54. The van der Waals surface area contributed by atoms with E-state index in [0.717, 1.165) is 0 Å². The summed E-state index contributed by atoms with van der Waals surface area (Å²) in [6.07, 6.45) is 0. The van der Waals surface area contributed by atoms with Crippen LogP contribution in [0.2, 0.25) is 0 Å². The number of nitrogens with two attached hydrogens (primary N) is 1. The van der Waals surface area contributed by atoms with Crippen LogP contribution in [-0.4, -0.2) is 33.0 Å². The van der Waals surface area contributed by atoms with Gasteiger partial charge in [0.25, 0.3) is 10.0 Å². The summed E-state index contributed by atoms with van der Waals surface area (Å²) in [6.45, 7) is 0. The fourth-order valence-corrected chi connectivity index (χ4v) is 5.10. The minimum Gasteiger partial charge on any atom is -0.744 e. The molecule has 0 aliphatic heterocycles. The largest absolute Gasteiger partial charge is 1.00 e. The van der Waals surface area contributed by atoms with Crippen molar-refractivity contribution in [3.63, 3.8) is 0 Å². The Kier molecular flexibility index (Phi) is 6.35. The molecule has 0 atom stereocenters. The van der Waals surface area contributed by atoms with Crippen LogP contribution >= 0.6 is 0 Å². The van der Waals surface area contributed by atoms with Crippen molar-refractivity contribution in [3.05, 3.63) is 82.9 Å². The molecule has 0 heterocycles. The van der Waals surface area contributed by atoms with E-state index in [1.165, 1.54) is 48.5 Å². The first-order valence-corrected chi connectivity index (χ1v) is 11.6. The third kappa shape index (κ3) is 3.98. The van der Waals surface area contributed by atoms with Gasteiger partial charge in [0.15, 0.2) is 11.6 Å². The van der Waals surface area contributed by atoms with Crippen molar-refractivity contribution >= 4 is 43.1 Å². The van der Waals surface area contributed by atoms with E-state index >= 15 is 0 Å². The molecule has 0 amide bonds. The Labute approximate surface area is 205 Å². The van der Waals surface area contributed by atoms with Gasteiger partial charge in [-0.3, -0.25) is 14.3 Å². The quantitative estimate of drug-likeness (QED) is 0.208. The van der Waals surface area contributed by atoms with E-state index in [0.29, 0.717) is 6.07 Å². The van der Waals surface area contributed by atoms with Gasteiger partial charge in [-0.2, -0.15) is 0 Å². The number of fused-ring (bicyclic) bond motifs is 2. The van der Waals surface area contributed by atoms with Gasteiger partial charge in [0.2, 0.25) is 0 Å². The van der Waals surface area contributed by atoms with Crippen molar-refractivity contribution in [1.82, 2.24) is 0 Å². The average molecular weight is 480 g/mol. The van der Waals surface area contributed by atoms with Crippen LogP contribution in [0.3, 0.4) is 0 Å². The first-order valence-electron chi connectivity index (χ1n) is 8.71. The number of hydrogen-bond donors (Lipinski definition) is 2. The molecule has 4 rings (SSSR count). The standard InChI is InChI=1S/C20H14N2O7S2.Na/c21-18-15(31(27,28)29)10-14(22-30(25,26)11-6-2-1-3-7-11)16-17(18)20(24)13-9-5-4-8-12(13)19(16)23;/h1-10,22H,21H2,(H,27,28,29);/q;+1/p-1. The van der Waals surface area contributed by atoms with Crippen LogP contribution in [0.15, 0.2) is 70.5 Å². The van der Waals surface area contributed by atoms with E-state index in [2.05, 4.69) is 4.72 Å². The second-order valence-electron chi connectivity index (χ2n) is 6.66. The van der Waals surface area contributed by atoms with Gasteiger partial charge in [-0.25, -0.2) is 16.8 Å². The van der Waals surface area contributed by atoms with Crippen LogP contribution in [0, 0.1) is 0 Å². The zero-order valence-corrected chi connectivity index (χ0v) is 20.2. The molecule has 3 aromatic rings. The monoisotopic (exact) mass is 480 g/mol. The van der Waals surface area contributed by atoms with Crippen LogP contribution in [-0.2, 0) is 20.1 Å². The summed E-state index contributed by atoms with van der Waals surface area (Å²) in [7, 11) is -9.49. The maximum atomic E-state index is 13.1. The molecule has 12 heteroatoms.